The summed E-state index contributed by atoms with van der Waals surface area (Å²) in [6, 6.07) is 18.0. The van der Waals surface area contributed by atoms with Gasteiger partial charge in [0.05, 0.1) is 22.2 Å². The van der Waals surface area contributed by atoms with E-state index in [2.05, 4.69) is 20.2 Å². The van der Waals surface area contributed by atoms with Gasteiger partial charge in [0.25, 0.3) is 5.56 Å². The molecule has 0 amide bonds. The second-order valence-electron chi connectivity index (χ2n) is 10.7. The van der Waals surface area contributed by atoms with Crippen molar-refractivity contribution in [3.63, 3.8) is 0 Å². The molecule has 0 unspecified atom stereocenters. The smallest absolute Gasteiger partial charge is 0.261 e. The number of aromatic amines is 2. The van der Waals surface area contributed by atoms with Crippen LogP contribution in [0.1, 0.15) is 30.1 Å². The predicted molar refractivity (Wildman–Crippen MR) is 152 cm³/mol. The molecule has 0 radical (unpaired) electrons. The summed E-state index contributed by atoms with van der Waals surface area (Å²) in [5.74, 6) is 0.489. The Balaban J connectivity index is 1.44. The average molecular weight is 522 g/mol. The number of nitrogens with zero attached hydrogens (tertiary/aromatic N) is 2. The van der Waals surface area contributed by atoms with Gasteiger partial charge in [-0.2, -0.15) is 0 Å². The summed E-state index contributed by atoms with van der Waals surface area (Å²) in [7, 11) is 0. The number of H-pyrrole nitrogens is 2. The molecule has 3 saturated heterocycles. The Morgan fingerprint density at radius 3 is 2.49 bits per heavy atom. The molecule has 3 aromatic carbocycles. The van der Waals surface area contributed by atoms with Crippen LogP contribution in [0.2, 0.25) is 0 Å². The van der Waals surface area contributed by atoms with Crippen molar-refractivity contribution in [2.75, 3.05) is 25.0 Å². The zero-order valence-electron chi connectivity index (χ0n) is 21.6. The van der Waals surface area contributed by atoms with Gasteiger partial charge < -0.3 is 20.2 Å². The molecule has 3 fully saturated rings. The third kappa shape index (κ3) is 4.12. The van der Waals surface area contributed by atoms with Gasteiger partial charge in [-0.1, -0.05) is 36.4 Å². The fraction of sp³-hybridized carbons (Fsp3) is 0.258. The minimum atomic E-state index is -0.445. The molecule has 8 rings (SSSR count). The number of hydrogen-bond donors (Lipinski definition) is 3. The van der Waals surface area contributed by atoms with Crippen LogP contribution in [0.4, 0.5) is 10.1 Å². The number of carbonyl (C=O) groups excluding carboxylic acids is 1. The molecule has 1 atom stereocenters. The van der Waals surface area contributed by atoms with Crippen molar-refractivity contribution in [3.05, 3.63) is 82.4 Å². The summed E-state index contributed by atoms with van der Waals surface area (Å²) >= 11 is 0. The van der Waals surface area contributed by atoms with Crippen molar-refractivity contribution in [3.8, 4) is 22.5 Å². The van der Waals surface area contributed by atoms with E-state index in [1.807, 2.05) is 24.3 Å². The number of benzene rings is 3. The lowest BCUT2D eigenvalue weighted by Crippen LogP contribution is -2.53. The SMILES string of the molecule is CC(=O)c1ccc(-c2cc3c(N[C@H]4CN5CCC4CC5)c(-c4nc5ccccc5[nH]4)c(=O)[nH]c3cc2F)cc1. The molecule has 0 aliphatic carbocycles. The van der Waals surface area contributed by atoms with Gasteiger partial charge in [-0.05, 0) is 68.6 Å². The average Bonchev–Trinajstić information content (AvgIpc) is 3.37. The van der Waals surface area contributed by atoms with E-state index in [9.17, 15) is 9.59 Å². The lowest BCUT2D eigenvalue weighted by molar-refractivity contribution is 0.0976. The number of rotatable bonds is 5. The van der Waals surface area contributed by atoms with Crippen molar-refractivity contribution in [1.82, 2.24) is 19.9 Å². The van der Waals surface area contributed by atoms with Gasteiger partial charge in [0.2, 0.25) is 0 Å². The number of carbonyl (C=O) groups is 1. The third-order valence-corrected chi connectivity index (χ3v) is 8.32. The van der Waals surface area contributed by atoms with Crippen LogP contribution < -0.4 is 10.9 Å². The number of imidazole rings is 1. The van der Waals surface area contributed by atoms with E-state index in [0.29, 0.717) is 50.6 Å². The van der Waals surface area contributed by atoms with Gasteiger partial charge in [-0.15, -0.1) is 0 Å². The normalized spacial score (nSPS) is 20.5. The van der Waals surface area contributed by atoms with E-state index in [4.69, 9.17) is 4.98 Å². The number of nitrogens with one attached hydrogen (secondary N) is 3. The second kappa shape index (κ2) is 9.17. The number of para-hydroxylation sites is 2. The molecule has 2 aromatic heterocycles. The van der Waals surface area contributed by atoms with E-state index in [0.717, 1.165) is 43.5 Å². The highest BCUT2D eigenvalue weighted by Gasteiger charge is 2.35. The van der Waals surface area contributed by atoms with E-state index >= 15 is 4.39 Å². The number of Topliss-reactive ketones (excluding diaryl/α,β-unsaturated/α-hetero) is 1. The summed E-state index contributed by atoms with van der Waals surface area (Å²) in [6.45, 7) is 4.61. The molecule has 0 saturated carbocycles. The van der Waals surface area contributed by atoms with Crippen LogP contribution in [0.15, 0.2) is 65.5 Å². The molecule has 3 aliphatic rings. The first-order valence-corrected chi connectivity index (χ1v) is 13.4. The Kier molecular flexibility index (Phi) is 5.59. The zero-order chi connectivity index (χ0) is 26.7. The third-order valence-electron chi connectivity index (χ3n) is 8.32. The number of anilines is 1. The molecule has 0 spiro atoms. The number of hydrogen-bond acceptors (Lipinski definition) is 5. The number of pyridine rings is 1. The van der Waals surface area contributed by atoms with Gasteiger partial charge in [-0.25, -0.2) is 9.37 Å². The first-order chi connectivity index (χ1) is 18.9. The largest absolute Gasteiger partial charge is 0.379 e. The molecule has 5 heterocycles. The maximum absolute atomic E-state index is 15.4. The lowest BCUT2D eigenvalue weighted by atomic mass is 9.83. The Morgan fingerprint density at radius 2 is 1.79 bits per heavy atom. The molecule has 39 heavy (non-hydrogen) atoms. The van der Waals surface area contributed by atoms with Crippen molar-refractivity contribution in [2.24, 2.45) is 5.92 Å². The molecule has 196 valence electrons. The monoisotopic (exact) mass is 521 g/mol. The first kappa shape index (κ1) is 23.8. The van der Waals surface area contributed by atoms with Gasteiger partial charge >= 0.3 is 0 Å². The van der Waals surface area contributed by atoms with Gasteiger partial charge in [0.1, 0.15) is 17.2 Å². The molecule has 2 bridgehead atoms. The summed E-state index contributed by atoms with van der Waals surface area (Å²) in [4.78, 5) is 38.8. The van der Waals surface area contributed by atoms with E-state index in [-0.39, 0.29) is 17.4 Å². The van der Waals surface area contributed by atoms with Gasteiger partial charge in [0.15, 0.2) is 5.78 Å². The molecule has 3 aliphatic heterocycles. The zero-order valence-corrected chi connectivity index (χ0v) is 21.6. The minimum absolute atomic E-state index is 0.0439. The molecule has 3 N–H and O–H groups in total. The quantitative estimate of drug-likeness (QED) is 0.262. The fourth-order valence-electron chi connectivity index (χ4n) is 6.18. The number of aromatic nitrogens is 3. The van der Waals surface area contributed by atoms with E-state index < -0.39 is 5.82 Å². The molecule has 7 nitrogen and oxygen atoms in total. The summed E-state index contributed by atoms with van der Waals surface area (Å²) in [5.41, 5.74) is 4.40. The second-order valence-corrected chi connectivity index (χ2v) is 10.7. The van der Waals surface area contributed by atoms with Gasteiger partial charge in [-0.3, -0.25) is 9.59 Å². The fourth-order valence-corrected chi connectivity index (χ4v) is 6.18. The summed E-state index contributed by atoms with van der Waals surface area (Å²) in [5, 5.41) is 4.46. The standard InChI is InChI=1S/C31H28FN5O2/c1-17(38)18-6-8-19(9-7-18)21-14-22-26(15-23(21)32)36-31(39)28(30-34-24-4-2-3-5-25(24)35-30)29(22)33-27-16-37-12-10-20(27)11-13-37/h2-9,14-15,20,27H,10-13,16H2,1H3,(H,34,35)(H2,33,36,39)/t27-/m0/s1. The van der Waals surface area contributed by atoms with E-state index in [1.165, 1.54) is 13.0 Å². The number of fused-ring (bicyclic) bond motifs is 5. The number of piperidine rings is 3. The Bertz CT molecular complexity index is 1770. The Labute approximate surface area is 224 Å². The van der Waals surface area contributed by atoms with Crippen LogP contribution in [0.3, 0.4) is 0 Å². The highest BCUT2D eigenvalue weighted by molar-refractivity contribution is 6.01. The highest BCUT2D eigenvalue weighted by atomic mass is 19.1. The number of ketones is 1. The van der Waals surface area contributed by atoms with Crippen LogP contribution in [-0.4, -0.2) is 51.3 Å². The molecule has 5 aromatic rings. The molecular weight excluding hydrogens is 493 g/mol. The van der Waals surface area contributed by atoms with Crippen LogP contribution in [0.5, 0.6) is 0 Å². The van der Waals surface area contributed by atoms with Crippen molar-refractivity contribution < 1.29 is 9.18 Å². The van der Waals surface area contributed by atoms with Crippen LogP contribution in [0.25, 0.3) is 44.5 Å². The van der Waals surface area contributed by atoms with E-state index in [1.54, 1.807) is 30.3 Å². The highest BCUT2D eigenvalue weighted by Crippen LogP contribution is 2.38. The minimum Gasteiger partial charge on any atom is -0.379 e. The topological polar surface area (TPSA) is 93.9 Å². The first-order valence-electron chi connectivity index (χ1n) is 13.4. The van der Waals surface area contributed by atoms with Crippen LogP contribution in [-0.2, 0) is 0 Å². The molecular formula is C31H28FN5O2. The maximum atomic E-state index is 15.4. The van der Waals surface area contributed by atoms with Crippen LogP contribution >= 0.6 is 0 Å². The van der Waals surface area contributed by atoms with Gasteiger partial charge in [0, 0.05) is 29.1 Å². The lowest BCUT2D eigenvalue weighted by Gasteiger charge is -2.45. The Morgan fingerprint density at radius 1 is 1.03 bits per heavy atom. The summed E-state index contributed by atoms with van der Waals surface area (Å²) in [6.07, 6.45) is 2.22. The maximum Gasteiger partial charge on any atom is 0.261 e. The number of halogens is 1. The van der Waals surface area contributed by atoms with Crippen molar-refractivity contribution in [1.29, 1.82) is 0 Å². The van der Waals surface area contributed by atoms with Crippen molar-refractivity contribution in [2.45, 2.75) is 25.8 Å². The molecule has 8 heteroatoms. The van der Waals surface area contributed by atoms with Crippen molar-refractivity contribution >= 4 is 33.4 Å². The summed E-state index contributed by atoms with van der Waals surface area (Å²) < 4.78 is 15.4. The predicted octanol–water partition coefficient (Wildman–Crippen LogP) is 5.59. The Hall–Kier alpha value is -4.30. The van der Waals surface area contributed by atoms with Crippen LogP contribution in [0, 0.1) is 11.7 Å².